The van der Waals surface area contributed by atoms with Gasteiger partial charge in [0.1, 0.15) is 0 Å². The first-order chi connectivity index (χ1) is 10.3. The van der Waals surface area contributed by atoms with Crippen LogP contribution >= 0.6 is 0 Å². The molecule has 110 valence electrons. The van der Waals surface area contributed by atoms with Crippen LogP contribution in [0.3, 0.4) is 0 Å². The van der Waals surface area contributed by atoms with Crippen molar-refractivity contribution in [3.63, 3.8) is 0 Å². The fourth-order valence-corrected chi connectivity index (χ4v) is 2.92. The molecule has 0 saturated carbocycles. The molecule has 1 saturated heterocycles. The van der Waals surface area contributed by atoms with Crippen molar-refractivity contribution in [2.45, 2.75) is 25.8 Å². The Morgan fingerprint density at radius 2 is 2.10 bits per heavy atom. The molecule has 2 heterocycles. The molecule has 1 N–H and O–H groups in total. The van der Waals surface area contributed by atoms with E-state index in [0.29, 0.717) is 6.04 Å². The molecule has 1 aromatic carbocycles. The first-order valence-electron chi connectivity index (χ1n) is 7.75. The molecule has 2 aromatic rings. The van der Waals surface area contributed by atoms with Gasteiger partial charge in [0.2, 0.25) is 0 Å². The molecule has 1 atom stereocenters. The third-order valence-corrected chi connectivity index (χ3v) is 4.23. The zero-order valence-electron chi connectivity index (χ0n) is 12.6. The maximum Gasteiger partial charge on any atom is 0.0559 e. The standard InChI is InChI=1S/C18H23N3/c1-15-7-10-19-13-18(15)20-17-9-12-21(14-17)11-8-16-5-3-2-4-6-16/h2-7,10,13,17,20H,8-9,11-12,14H2,1H3. The summed E-state index contributed by atoms with van der Waals surface area (Å²) >= 11 is 0. The predicted octanol–water partition coefficient (Wildman–Crippen LogP) is 3.12. The molecule has 1 aliphatic rings. The Morgan fingerprint density at radius 3 is 2.90 bits per heavy atom. The summed E-state index contributed by atoms with van der Waals surface area (Å²) in [5.41, 5.74) is 3.87. The fraction of sp³-hybridized carbons (Fsp3) is 0.389. The van der Waals surface area contributed by atoms with Gasteiger partial charge in [-0.3, -0.25) is 4.98 Å². The smallest absolute Gasteiger partial charge is 0.0559 e. The van der Waals surface area contributed by atoms with Gasteiger partial charge in [-0.25, -0.2) is 0 Å². The van der Waals surface area contributed by atoms with Crippen LogP contribution in [0, 0.1) is 6.92 Å². The van der Waals surface area contributed by atoms with E-state index in [9.17, 15) is 0 Å². The highest BCUT2D eigenvalue weighted by Crippen LogP contribution is 2.18. The van der Waals surface area contributed by atoms with E-state index >= 15 is 0 Å². The van der Waals surface area contributed by atoms with E-state index in [4.69, 9.17) is 0 Å². The summed E-state index contributed by atoms with van der Waals surface area (Å²) < 4.78 is 0. The van der Waals surface area contributed by atoms with Crippen LogP contribution < -0.4 is 5.32 Å². The van der Waals surface area contributed by atoms with Crippen LogP contribution in [0.5, 0.6) is 0 Å². The van der Waals surface area contributed by atoms with Crippen molar-refractivity contribution < 1.29 is 0 Å². The van der Waals surface area contributed by atoms with E-state index in [1.54, 1.807) is 0 Å². The third-order valence-electron chi connectivity index (χ3n) is 4.23. The van der Waals surface area contributed by atoms with Gasteiger partial charge >= 0.3 is 0 Å². The molecule has 0 bridgehead atoms. The first-order valence-corrected chi connectivity index (χ1v) is 7.75. The topological polar surface area (TPSA) is 28.2 Å². The monoisotopic (exact) mass is 281 g/mol. The summed E-state index contributed by atoms with van der Waals surface area (Å²) in [6, 6.07) is 13.3. The van der Waals surface area contributed by atoms with E-state index in [1.165, 1.54) is 29.8 Å². The summed E-state index contributed by atoms with van der Waals surface area (Å²) in [6.45, 7) is 5.59. The molecule has 0 aliphatic carbocycles. The van der Waals surface area contributed by atoms with Crippen molar-refractivity contribution in [3.8, 4) is 0 Å². The van der Waals surface area contributed by atoms with Gasteiger partial charge in [0.15, 0.2) is 0 Å². The van der Waals surface area contributed by atoms with E-state index in [0.717, 1.165) is 19.5 Å². The number of aryl methyl sites for hydroxylation is 1. The molecule has 3 nitrogen and oxygen atoms in total. The first kappa shape index (κ1) is 14.1. The lowest BCUT2D eigenvalue weighted by Gasteiger charge is -2.18. The zero-order chi connectivity index (χ0) is 14.5. The molecule has 0 spiro atoms. The fourth-order valence-electron chi connectivity index (χ4n) is 2.92. The molecule has 0 amide bonds. The number of nitrogens with one attached hydrogen (secondary N) is 1. The summed E-state index contributed by atoms with van der Waals surface area (Å²) in [5.74, 6) is 0. The second-order valence-electron chi connectivity index (χ2n) is 5.86. The van der Waals surface area contributed by atoms with Crippen LogP contribution in [0.1, 0.15) is 17.5 Å². The lowest BCUT2D eigenvalue weighted by atomic mass is 10.1. The van der Waals surface area contributed by atoms with Gasteiger partial charge in [0.05, 0.1) is 11.9 Å². The van der Waals surface area contributed by atoms with Gasteiger partial charge in [-0.05, 0) is 37.0 Å². The molecular formula is C18H23N3. The van der Waals surface area contributed by atoms with E-state index < -0.39 is 0 Å². The van der Waals surface area contributed by atoms with Crippen molar-refractivity contribution in [1.82, 2.24) is 9.88 Å². The highest BCUT2D eigenvalue weighted by Gasteiger charge is 2.22. The Hall–Kier alpha value is -1.87. The van der Waals surface area contributed by atoms with Crippen LogP contribution in [0.2, 0.25) is 0 Å². The van der Waals surface area contributed by atoms with E-state index in [-0.39, 0.29) is 0 Å². The van der Waals surface area contributed by atoms with E-state index in [1.807, 2.05) is 12.4 Å². The molecule has 3 heteroatoms. The number of rotatable bonds is 5. The highest BCUT2D eigenvalue weighted by atomic mass is 15.2. The quantitative estimate of drug-likeness (QED) is 0.912. The summed E-state index contributed by atoms with van der Waals surface area (Å²) in [7, 11) is 0. The Balaban J connectivity index is 1.48. The van der Waals surface area contributed by atoms with Crippen LogP contribution in [0.15, 0.2) is 48.8 Å². The third kappa shape index (κ3) is 3.82. The van der Waals surface area contributed by atoms with Crippen LogP contribution in [-0.4, -0.2) is 35.6 Å². The lowest BCUT2D eigenvalue weighted by molar-refractivity contribution is 0.340. The van der Waals surface area contributed by atoms with Crippen LogP contribution in [-0.2, 0) is 6.42 Å². The van der Waals surface area contributed by atoms with Crippen molar-refractivity contribution in [2.24, 2.45) is 0 Å². The van der Waals surface area contributed by atoms with Crippen LogP contribution in [0.25, 0.3) is 0 Å². The number of hydrogen-bond donors (Lipinski definition) is 1. The van der Waals surface area contributed by atoms with Gasteiger partial charge in [0, 0.05) is 31.9 Å². The number of aromatic nitrogens is 1. The SMILES string of the molecule is Cc1ccncc1NC1CCN(CCc2ccccc2)C1. The maximum atomic E-state index is 4.21. The number of hydrogen-bond acceptors (Lipinski definition) is 3. The molecule has 21 heavy (non-hydrogen) atoms. The molecular weight excluding hydrogens is 258 g/mol. The normalized spacial score (nSPS) is 18.8. The predicted molar refractivity (Wildman–Crippen MR) is 87.6 cm³/mol. The van der Waals surface area contributed by atoms with E-state index in [2.05, 4.69) is 58.5 Å². The minimum absolute atomic E-state index is 0.545. The van der Waals surface area contributed by atoms with Crippen molar-refractivity contribution in [2.75, 3.05) is 25.0 Å². The van der Waals surface area contributed by atoms with Gasteiger partial charge in [0.25, 0.3) is 0 Å². The summed E-state index contributed by atoms with van der Waals surface area (Å²) in [4.78, 5) is 6.76. The molecule has 1 aliphatic heterocycles. The Bertz CT molecular complexity index is 568. The van der Waals surface area contributed by atoms with Crippen molar-refractivity contribution in [1.29, 1.82) is 0 Å². The Morgan fingerprint density at radius 1 is 1.24 bits per heavy atom. The second-order valence-corrected chi connectivity index (χ2v) is 5.86. The molecule has 1 aromatic heterocycles. The highest BCUT2D eigenvalue weighted by molar-refractivity contribution is 5.48. The Kier molecular flexibility index (Phi) is 4.51. The zero-order valence-corrected chi connectivity index (χ0v) is 12.6. The molecule has 1 fully saturated rings. The minimum Gasteiger partial charge on any atom is -0.380 e. The minimum atomic E-state index is 0.545. The summed E-state index contributed by atoms with van der Waals surface area (Å²) in [5, 5.41) is 3.63. The van der Waals surface area contributed by atoms with Crippen molar-refractivity contribution in [3.05, 3.63) is 59.9 Å². The van der Waals surface area contributed by atoms with Gasteiger partial charge < -0.3 is 10.2 Å². The van der Waals surface area contributed by atoms with Gasteiger partial charge in [-0.15, -0.1) is 0 Å². The summed E-state index contributed by atoms with van der Waals surface area (Å²) in [6.07, 6.45) is 6.13. The maximum absolute atomic E-state index is 4.21. The number of likely N-dealkylation sites (tertiary alicyclic amines) is 1. The average Bonchev–Trinajstić information content (AvgIpc) is 2.96. The number of pyridine rings is 1. The lowest BCUT2D eigenvalue weighted by Crippen LogP contribution is -2.28. The van der Waals surface area contributed by atoms with Crippen molar-refractivity contribution >= 4 is 5.69 Å². The van der Waals surface area contributed by atoms with Gasteiger partial charge in [-0.2, -0.15) is 0 Å². The molecule has 0 radical (unpaired) electrons. The number of benzene rings is 1. The molecule has 3 rings (SSSR count). The number of anilines is 1. The molecule has 1 unspecified atom stereocenters. The largest absolute Gasteiger partial charge is 0.380 e. The second kappa shape index (κ2) is 6.72. The average molecular weight is 281 g/mol. The van der Waals surface area contributed by atoms with Gasteiger partial charge in [-0.1, -0.05) is 30.3 Å². The number of nitrogens with zero attached hydrogens (tertiary/aromatic N) is 2. The van der Waals surface area contributed by atoms with Crippen LogP contribution in [0.4, 0.5) is 5.69 Å². The Labute approximate surface area is 127 Å².